The lowest BCUT2D eigenvalue weighted by atomic mass is 9.96. The summed E-state index contributed by atoms with van der Waals surface area (Å²) in [6.07, 6.45) is -4.13. The minimum Gasteiger partial charge on any atom is -0.481 e. The number of aromatic nitrogens is 2. The smallest absolute Gasteiger partial charge is 0.416 e. The lowest BCUT2D eigenvalue weighted by Crippen LogP contribution is -2.21. The molecule has 0 saturated heterocycles. The second-order valence-corrected chi connectivity index (χ2v) is 6.62. The minimum absolute atomic E-state index is 0.0135. The number of carboxylic acid groups (broad SMARTS) is 1. The Morgan fingerprint density at radius 3 is 2.27 bits per heavy atom. The van der Waals surface area contributed by atoms with Gasteiger partial charge in [0.05, 0.1) is 21.0 Å². The molecule has 0 radical (unpaired) electrons. The molecular weight excluding hydrogens is 396 g/mol. The Balaban J connectivity index is 2.23. The van der Waals surface area contributed by atoms with E-state index in [1.165, 1.54) is 0 Å². The zero-order valence-corrected chi connectivity index (χ0v) is 14.2. The summed E-state index contributed by atoms with van der Waals surface area (Å²) < 4.78 is 39.5. The molecule has 1 aromatic heterocycles. The van der Waals surface area contributed by atoms with E-state index in [1.54, 1.807) is 6.07 Å². The molecule has 1 heterocycles. The molecule has 2 aromatic rings. The molecule has 1 fully saturated rings. The number of nitriles is 1. The lowest BCUT2D eigenvalue weighted by molar-refractivity contribution is -0.140. The van der Waals surface area contributed by atoms with Gasteiger partial charge in [-0.1, -0.05) is 23.2 Å². The second-order valence-electron chi connectivity index (χ2n) is 5.81. The van der Waals surface area contributed by atoms with Crippen molar-refractivity contribution < 1.29 is 23.1 Å². The van der Waals surface area contributed by atoms with E-state index < -0.39 is 33.2 Å². The number of carbonyl (C=O) groups is 1. The number of hydrogen-bond acceptors (Lipinski definition) is 4. The summed E-state index contributed by atoms with van der Waals surface area (Å²) >= 11 is 11.9. The van der Waals surface area contributed by atoms with E-state index in [9.17, 15) is 28.3 Å². The summed E-state index contributed by atoms with van der Waals surface area (Å²) in [5.74, 6) is -1.37. The molecule has 11 heteroatoms. The number of carboxylic acids is 1. The van der Waals surface area contributed by atoms with Crippen LogP contribution in [0.2, 0.25) is 10.0 Å². The summed E-state index contributed by atoms with van der Waals surface area (Å²) in [5, 5.41) is 21.8. The zero-order chi connectivity index (χ0) is 19.4. The van der Waals surface area contributed by atoms with Crippen LogP contribution >= 0.6 is 23.2 Å². The van der Waals surface area contributed by atoms with Crippen molar-refractivity contribution in [2.24, 2.45) is 0 Å². The van der Waals surface area contributed by atoms with Crippen LogP contribution in [-0.4, -0.2) is 20.9 Å². The molecule has 1 saturated carbocycles. The van der Waals surface area contributed by atoms with Crippen LogP contribution in [0.4, 0.5) is 19.0 Å². The predicted octanol–water partition coefficient (Wildman–Crippen LogP) is 3.77. The third kappa shape index (κ3) is 2.66. The number of nitrogens with two attached hydrogens (primary N) is 1. The summed E-state index contributed by atoms with van der Waals surface area (Å²) in [5.41, 5.74) is 3.19. The Hall–Kier alpha value is -2.44. The summed E-state index contributed by atoms with van der Waals surface area (Å²) in [7, 11) is 0. The SMILES string of the molecule is N#Cc1nn(-c2c(Cl)cc(C(F)(F)F)cc2Cl)c(N)c1C1(C(=O)O)CC1. The van der Waals surface area contributed by atoms with Gasteiger partial charge >= 0.3 is 12.1 Å². The normalized spacial score (nSPS) is 15.5. The van der Waals surface area contributed by atoms with Crippen molar-refractivity contribution in [3.8, 4) is 11.8 Å². The van der Waals surface area contributed by atoms with Gasteiger partial charge in [0, 0.05) is 5.56 Å². The first-order chi connectivity index (χ1) is 12.0. The fourth-order valence-electron chi connectivity index (χ4n) is 2.78. The van der Waals surface area contributed by atoms with Gasteiger partial charge in [0.1, 0.15) is 17.6 Å². The van der Waals surface area contributed by atoms with E-state index in [2.05, 4.69) is 5.10 Å². The van der Waals surface area contributed by atoms with Gasteiger partial charge in [0.25, 0.3) is 0 Å². The van der Waals surface area contributed by atoms with E-state index in [-0.39, 0.29) is 35.6 Å². The Labute approximate surface area is 154 Å². The highest BCUT2D eigenvalue weighted by Crippen LogP contribution is 2.52. The van der Waals surface area contributed by atoms with Gasteiger partial charge in [-0.15, -0.1) is 0 Å². The second kappa shape index (κ2) is 5.79. The summed E-state index contributed by atoms with van der Waals surface area (Å²) in [6, 6.07) is 3.07. The van der Waals surface area contributed by atoms with Crippen molar-refractivity contribution in [1.82, 2.24) is 9.78 Å². The number of rotatable bonds is 3. The van der Waals surface area contributed by atoms with Crippen molar-refractivity contribution in [1.29, 1.82) is 5.26 Å². The number of nitrogens with zero attached hydrogens (tertiary/aromatic N) is 3. The highest BCUT2D eigenvalue weighted by molar-refractivity contribution is 6.38. The molecule has 1 aliphatic carbocycles. The molecule has 0 spiro atoms. The van der Waals surface area contributed by atoms with Gasteiger partial charge in [0.15, 0.2) is 5.69 Å². The molecule has 1 aromatic carbocycles. The van der Waals surface area contributed by atoms with Crippen LogP contribution in [0, 0.1) is 11.3 Å². The largest absolute Gasteiger partial charge is 0.481 e. The van der Waals surface area contributed by atoms with E-state index in [0.717, 1.165) is 4.68 Å². The number of hydrogen-bond donors (Lipinski definition) is 2. The first-order valence-electron chi connectivity index (χ1n) is 7.12. The molecule has 3 rings (SSSR count). The van der Waals surface area contributed by atoms with E-state index >= 15 is 0 Å². The Bertz CT molecular complexity index is 951. The van der Waals surface area contributed by atoms with Crippen molar-refractivity contribution in [3.05, 3.63) is 39.0 Å². The first kappa shape index (κ1) is 18.4. The third-order valence-electron chi connectivity index (χ3n) is 4.22. The quantitative estimate of drug-likeness (QED) is 0.809. The number of nitrogen functional groups attached to an aromatic ring is 1. The van der Waals surface area contributed by atoms with Crippen LogP contribution in [0.25, 0.3) is 5.69 Å². The topological polar surface area (TPSA) is 105 Å². The van der Waals surface area contributed by atoms with Crippen molar-refractivity contribution in [2.75, 3.05) is 5.73 Å². The number of halogens is 5. The van der Waals surface area contributed by atoms with E-state index in [4.69, 9.17) is 28.9 Å². The molecule has 26 heavy (non-hydrogen) atoms. The van der Waals surface area contributed by atoms with Crippen molar-refractivity contribution in [3.63, 3.8) is 0 Å². The molecule has 0 unspecified atom stereocenters. The molecule has 0 amide bonds. The zero-order valence-electron chi connectivity index (χ0n) is 12.7. The van der Waals surface area contributed by atoms with Gasteiger partial charge in [-0.2, -0.15) is 23.5 Å². The van der Waals surface area contributed by atoms with Crippen LogP contribution in [0.5, 0.6) is 0 Å². The van der Waals surface area contributed by atoms with Gasteiger partial charge in [0.2, 0.25) is 0 Å². The van der Waals surface area contributed by atoms with Crippen molar-refractivity contribution in [2.45, 2.75) is 24.4 Å². The van der Waals surface area contributed by atoms with Crippen LogP contribution in [0.15, 0.2) is 12.1 Å². The number of alkyl halides is 3. The maximum absolute atomic E-state index is 12.9. The summed E-state index contributed by atoms with van der Waals surface area (Å²) in [6.45, 7) is 0. The molecule has 136 valence electrons. The fourth-order valence-corrected chi connectivity index (χ4v) is 3.43. The standard InChI is InChI=1S/C15H9Cl2F3N4O2/c16-7-3-6(15(18,19)20)4-8(17)11(7)24-12(22)10(9(5-21)23-24)14(1-2-14)13(25)26/h3-4H,1-2,22H2,(H,25,26). The Morgan fingerprint density at radius 2 is 1.88 bits per heavy atom. The summed E-state index contributed by atoms with van der Waals surface area (Å²) in [4.78, 5) is 11.6. The molecule has 6 nitrogen and oxygen atoms in total. The third-order valence-corrected chi connectivity index (χ3v) is 4.80. The van der Waals surface area contributed by atoms with Crippen LogP contribution in [0.3, 0.4) is 0 Å². The average molecular weight is 405 g/mol. The molecule has 0 aliphatic heterocycles. The number of benzene rings is 1. The van der Waals surface area contributed by atoms with Crippen molar-refractivity contribution >= 4 is 35.0 Å². The van der Waals surface area contributed by atoms with Gasteiger partial charge in [-0.3, -0.25) is 4.79 Å². The number of anilines is 1. The highest BCUT2D eigenvalue weighted by atomic mass is 35.5. The fraction of sp³-hybridized carbons (Fsp3) is 0.267. The van der Waals surface area contributed by atoms with Gasteiger partial charge in [-0.25, -0.2) is 4.68 Å². The highest BCUT2D eigenvalue weighted by Gasteiger charge is 2.55. The molecule has 0 bridgehead atoms. The van der Waals surface area contributed by atoms with E-state index in [0.29, 0.717) is 12.1 Å². The molecule has 3 N–H and O–H groups in total. The maximum atomic E-state index is 12.9. The minimum atomic E-state index is -4.66. The Morgan fingerprint density at radius 1 is 1.35 bits per heavy atom. The molecule has 1 aliphatic rings. The number of aliphatic carboxylic acids is 1. The lowest BCUT2D eigenvalue weighted by Gasteiger charge is -2.14. The molecule has 0 atom stereocenters. The maximum Gasteiger partial charge on any atom is 0.416 e. The first-order valence-corrected chi connectivity index (χ1v) is 7.87. The average Bonchev–Trinajstić information content (AvgIpc) is 3.26. The van der Waals surface area contributed by atoms with Gasteiger partial charge < -0.3 is 10.8 Å². The van der Waals surface area contributed by atoms with Crippen LogP contribution in [0.1, 0.15) is 29.7 Å². The van der Waals surface area contributed by atoms with Gasteiger partial charge in [-0.05, 0) is 25.0 Å². The predicted molar refractivity (Wildman–Crippen MR) is 86.3 cm³/mol. The molecular formula is C15H9Cl2F3N4O2. The van der Waals surface area contributed by atoms with E-state index in [1.807, 2.05) is 0 Å². The van der Waals surface area contributed by atoms with Crippen LogP contribution < -0.4 is 5.73 Å². The Kier molecular flexibility index (Phi) is 4.09. The van der Waals surface area contributed by atoms with Crippen LogP contribution in [-0.2, 0) is 16.4 Å². The monoisotopic (exact) mass is 404 g/mol.